The maximum absolute atomic E-state index is 12.0. The first-order chi connectivity index (χ1) is 8.69. The van der Waals surface area contributed by atoms with Gasteiger partial charge in [-0.15, -0.1) is 0 Å². The maximum Gasteiger partial charge on any atom is 0.233 e. The minimum absolute atomic E-state index is 0.189. The number of hydrogen-bond donors (Lipinski definition) is 1. The number of nitrogens with zero attached hydrogens (tertiary/aromatic N) is 1. The van der Waals surface area contributed by atoms with Crippen molar-refractivity contribution in [2.24, 2.45) is 5.73 Å². The predicted octanol–water partition coefficient (Wildman–Crippen LogP) is 1.20. The number of para-hydroxylation sites is 1. The Bertz CT molecular complexity index is 447. The van der Waals surface area contributed by atoms with Crippen molar-refractivity contribution in [3.8, 4) is 5.75 Å². The molecule has 0 saturated carbocycles. The zero-order valence-electron chi connectivity index (χ0n) is 10.3. The third-order valence-electron chi connectivity index (χ3n) is 3.03. The molecule has 18 heavy (non-hydrogen) atoms. The molecule has 0 aliphatic carbocycles. The second-order valence-electron chi connectivity index (χ2n) is 4.15. The highest BCUT2D eigenvalue weighted by Crippen LogP contribution is 2.34. The lowest BCUT2D eigenvalue weighted by Gasteiger charge is -2.28. The van der Waals surface area contributed by atoms with Crippen LogP contribution < -0.4 is 15.4 Å². The third kappa shape index (κ3) is 2.09. The first-order valence-electron chi connectivity index (χ1n) is 5.90. The van der Waals surface area contributed by atoms with Crippen molar-refractivity contribution in [3.63, 3.8) is 0 Å². The number of rotatable bonds is 3. The van der Waals surface area contributed by atoms with Crippen molar-refractivity contribution >= 4 is 17.5 Å². The lowest BCUT2D eigenvalue weighted by atomic mass is 10.1. The van der Waals surface area contributed by atoms with E-state index < -0.39 is 0 Å². The van der Waals surface area contributed by atoms with E-state index >= 15 is 0 Å². The van der Waals surface area contributed by atoms with Gasteiger partial charge < -0.3 is 10.5 Å². The summed E-state index contributed by atoms with van der Waals surface area (Å²) in [6.07, 6.45) is 1.38. The zero-order chi connectivity index (χ0) is 13.1. The summed E-state index contributed by atoms with van der Waals surface area (Å²) in [6.45, 7) is 0.254. The van der Waals surface area contributed by atoms with Crippen molar-refractivity contribution < 1.29 is 14.3 Å². The Kier molecular flexibility index (Phi) is 3.62. The number of ether oxygens (including phenoxy) is 1. The van der Waals surface area contributed by atoms with Gasteiger partial charge in [0.2, 0.25) is 11.8 Å². The van der Waals surface area contributed by atoms with Crippen LogP contribution in [0.3, 0.4) is 0 Å². The molecule has 0 unspecified atom stereocenters. The Morgan fingerprint density at radius 1 is 1.28 bits per heavy atom. The second-order valence-corrected chi connectivity index (χ2v) is 4.15. The van der Waals surface area contributed by atoms with Crippen LogP contribution in [-0.2, 0) is 16.1 Å². The normalized spacial score (nSPS) is 16.0. The minimum atomic E-state index is -0.189. The molecule has 1 aliphatic rings. The molecular weight excluding hydrogens is 232 g/mol. The first-order valence-corrected chi connectivity index (χ1v) is 5.90. The molecule has 1 heterocycles. The molecule has 5 nitrogen and oxygen atoms in total. The van der Waals surface area contributed by atoms with Crippen LogP contribution in [0, 0.1) is 0 Å². The number of imide groups is 1. The molecule has 1 aliphatic heterocycles. The lowest BCUT2D eigenvalue weighted by Crippen LogP contribution is -2.41. The van der Waals surface area contributed by atoms with Crippen molar-refractivity contribution in [1.29, 1.82) is 0 Å². The largest absolute Gasteiger partial charge is 0.495 e. The fraction of sp³-hybridized carbons (Fsp3) is 0.385. The molecule has 2 rings (SSSR count). The summed E-state index contributed by atoms with van der Waals surface area (Å²) in [5.74, 6) is 0.123. The molecule has 2 N–H and O–H groups in total. The molecule has 1 aromatic rings. The summed E-state index contributed by atoms with van der Waals surface area (Å²) >= 11 is 0. The quantitative estimate of drug-likeness (QED) is 0.816. The van der Waals surface area contributed by atoms with Crippen LogP contribution in [0.15, 0.2) is 18.2 Å². The molecule has 0 spiro atoms. The maximum atomic E-state index is 12.0. The predicted molar refractivity (Wildman–Crippen MR) is 67.2 cm³/mol. The number of methoxy groups -OCH3 is 1. The number of piperidine rings is 1. The Morgan fingerprint density at radius 2 is 1.94 bits per heavy atom. The first kappa shape index (κ1) is 12.6. The highest BCUT2D eigenvalue weighted by atomic mass is 16.5. The molecule has 2 amide bonds. The fourth-order valence-electron chi connectivity index (χ4n) is 2.15. The molecule has 0 aromatic heterocycles. The minimum Gasteiger partial charge on any atom is -0.495 e. The summed E-state index contributed by atoms with van der Waals surface area (Å²) < 4.78 is 5.24. The van der Waals surface area contributed by atoms with Crippen LogP contribution in [0.5, 0.6) is 5.75 Å². The average molecular weight is 248 g/mol. The van der Waals surface area contributed by atoms with Crippen molar-refractivity contribution in [2.75, 3.05) is 12.0 Å². The monoisotopic (exact) mass is 248 g/mol. The molecular formula is C13H16N2O3. The van der Waals surface area contributed by atoms with E-state index in [9.17, 15) is 9.59 Å². The average Bonchev–Trinajstić information content (AvgIpc) is 2.38. The van der Waals surface area contributed by atoms with E-state index in [1.165, 1.54) is 12.0 Å². The molecule has 0 atom stereocenters. The van der Waals surface area contributed by atoms with Gasteiger partial charge in [0, 0.05) is 19.4 Å². The Labute approximate surface area is 106 Å². The summed E-state index contributed by atoms with van der Waals surface area (Å²) in [6, 6.07) is 5.32. The fourth-order valence-corrected chi connectivity index (χ4v) is 2.15. The van der Waals surface area contributed by atoms with Crippen LogP contribution in [0.2, 0.25) is 0 Å². The molecule has 0 bridgehead atoms. The van der Waals surface area contributed by atoms with Crippen LogP contribution in [-0.4, -0.2) is 18.9 Å². The van der Waals surface area contributed by atoms with Crippen molar-refractivity contribution in [3.05, 3.63) is 23.8 Å². The number of anilines is 1. The topological polar surface area (TPSA) is 72.6 Å². The summed E-state index contributed by atoms with van der Waals surface area (Å²) in [5.41, 5.74) is 6.90. The van der Waals surface area contributed by atoms with Crippen LogP contribution in [0.1, 0.15) is 24.8 Å². The van der Waals surface area contributed by atoms with Crippen molar-refractivity contribution in [1.82, 2.24) is 0 Å². The lowest BCUT2D eigenvalue weighted by molar-refractivity contribution is -0.129. The Hall–Kier alpha value is -1.88. The Morgan fingerprint density at radius 3 is 2.50 bits per heavy atom. The molecule has 1 saturated heterocycles. The van der Waals surface area contributed by atoms with Gasteiger partial charge in [-0.1, -0.05) is 12.1 Å². The zero-order valence-corrected chi connectivity index (χ0v) is 10.3. The number of benzene rings is 1. The van der Waals surface area contributed by atoms with E-state index in [0.717, 1.165) is 5.56 Å². The highest BCUT2D eigenvalue weighted by molar-refractivity contribution is 6.17. The van der Waals surface area contributed by atoms with Gasteiger partial charge in [-0.05, 0) is 18.1 Å². The van der Waals surface area contributed by atoms with E-state index in [2.05, 4.69) is 0 Å². The van der Waals surface area contributed by atoms with Gasteiger partial charge in [0.15, 0.2) is 0 Å². The van der Waals surface area contributed by atoms with E-state index in [1.807, 2.05) is 0 Å². The van der Waals surface area contributed by atoms with Gasteiger partial charge in [0.1, 0.15) is 5.75 Å². The second kappa shape index (κ2) is 5.18. The number of nitrogens with two attached hydrogens (primary N) is 1. The van der Waals surface area contributed by atoms with Crippen LogP contribution in [0.25, 0.3) is 0 Å². The number of carbonyl (C=O) groups excluding carboxylic acids is 2. The number of hydrogen-bond acceptors (Lipinski definition) is 4. The summed E-state index contributed by atoms with van der Waals surface area (Å²) in [5, 5.41) is 0. The van der Waals surface area contributed by atoms with Gasteiger partial charge in [0.25, 0.3) is 0 Å². The van der Waals surface area contributed by atoms with Gasteiger partial charge in [0.05, 0.1) is 12.8 Å². The molecule has 5 heteroatoms. The summed E-state index contributed by atoms with van der Waals surface area (Å²) in [4.78, 5) is 25.1. The Balaban J connectivity index is 2.53. The van der Waals surface area contributed by atoms with Gasteiger partial charge >= 0.3 is 0 Å². The molecule has 1 aromatic carbocycles. The SMILES string of the molecule is COc1cccc(CN)c1N1C(=O)CCCC1=O. The molecule has 0 radical (unpaired) electrons. The van der Waals surface area contributed by atoms with E-state index in [-0.39, 0.29) is 18.4 Å². The van der Waals surface area contributed by atoms with Gasteiger partial charge in [-0.3, -0.25) is 9.59 Å². The van der Waals surface area contributed by atoms with Crippen molar-refractivity contribution in [2.45, 2.75) is 25.8 Å². The third-order valence-corrected chi connectivity index (χ3v) is 3.03. The molecule has 1 fully saturated rings. The standard InChI is InChI=1S/C13H16N2O3/c1-18-10-5-2-4-9(8-14)13(10)15-11(16)6-3-7-12(15)17/h2,4-5H,3,6-8,14H2,1H3. The number of amides is 2. The number of carbonyl (C=O) groups is 2. The van der Waals surface area contributed by atoms with E-state index in [4.69, 9.17) is 10.5 Å². The summed E-state index contributed by atoms with van der Waals surface area (Å²) in [7, 11) is 1.51. The van der Waals surface area contributed by atoms with E-state index in [1.54, 1.807) is 18.2 Å². The van der Waals surface area contributed by atoms with E-state index in [0.29, 0.717) is 30.7 Å². The van der Waals surface area contributed by atoms with Crippen LogP contribution in [0.4, 0.5) is 5.69 Å². The molecule has 96 valence electrons. The smallest absolute Gasteiger partial charge is 0.233 e. The van der Waals surface area contributed by atoms with Crippen LogP contribution >= 0.6 is 0 Å². The van der Waals surface area contributed by atoms with Gasteiger partial charge in [-0.25, -0.2) is 4.90 Å². The van der Waals surface area contributed by atoms with Gasteiger partial charge in [-0.2, -0.15) is 0 Å². The highest BCUT2D eigenvalue weighted by Gasteiger charge is 2.31.